The van der Waals surface area contributed by atoms with Gasteiger partial charge in [0.25, 0.3) is 0 Å². The molecule has 0 aliphatic carbocycles. The highest BCUT2D eigenvalue weighted by Crippen LogP contribution is 2.02. The summed E-state index contributed by atoms with van der Waals surface area (Å²) in [5, 5.41) is 14.1. The van der Waals surface area contributed by atoms with Gasteiger partial charge in [0.05, 0.1) is 12.3 Å². The molecule has 0 amide bonds. The molecule has 0 saturated heterocycles. The Labute approximate surface area is 110 Å². The van der Waals surface area contributed by atoms with E-state index in [2.05, 4.69) is 40.7 Å². The second-order valence-corrected chi connectivity index (χ2v) is 4.61. The Morgan fingerprint density at radius 2 is 2.33 bits per heavy atom. The Kier molecular flexibility index (Phi) is 7.64. The lowest BCUT2D eigenvalue weighted by molar-refractivity contribution is 0.198. The van der Waals surface area contributed by atoms with Crippen LogP contribution in [0.3, 0.4) is 0 Å². The van der Waals surface area contributed by atoms with Gasteiger partial charge in [0, 0.05) is 38.5 Å². The molecule has 0 radical (unpaired) electrons. The smallest absolute Gasteiger partial charge is 0.0625 e. The summed E-state index contributed by atoms with van der Waals surface area (Å²) < 4.78 is 4.98. The third-order valence-corrected chi connectivity index (χ3v) is 2.76. The number of aryl methyl sites for hydroxylation is 1. The van der Waals surface area contributed by atoms with Gasteiger partial charge in [-0.25, -0.2) is 0 Å². The lowest BCUT2D eigenvalue weighted by Crippen LogP contribution is -2.37. The van der Waals surface area contributed by atoms with Gasteiger partial charge in [-0.3, -0.25) is 5.10 Å². The fraction of sp³-hybridized carbons (Fsp3) is 0.769. The molecule has 0 fully saturated rings. The predicted octanol–water partition coefficient (Wildman–Crippen LogP) is 1.08. The van der Waals surface area contributed by atoms with Crippen molar-refractivity contribution in [2.75, 3.05) is 26.8 Å². The topological polar surface area (TPSA) is 62.0 Å². The van der Waals surface area contributed by atoms with E-state index in [-0.39, 0.29) is 0 Å². The van der Waals surface area contributed by atoms with Crippen molar-refractivity contribution in [2.45, 2.75) is 39.3 Å². The summed E-state index contributed by atoms with van der Waals surface area (Å²) in [5.41, 5.74) is 2.31. The maximum absolute atomic E-state index is 4.98. The molecule has 5 nitrogen and oxygen atoms in total. The summed E-state index contributed by atoms with van der Waals surface area (Å²) in [6.07, 6.45) is 2.18. The number of ether oxygens (including phenoxy) is 1. The van der Waals surface area contributed by atoms with E-state index in [4.69, 9.17) is 4.74 Å². The maximum Gasteiger partial charge on any atom is 0.0625 e. The van der Waals surface area contributed by atoms with Crippen LogP contribution in [0.15, 0.2) is 6.07 Å². The Balaban J connectivity index is 2.14. The van der Waals surface area contributed by atoms with Crippen LogP contribution in [0.1, 0.15) is 31.7 Å². The minimum Gasteiger partial charge on any atom is -0.383 e. The minimum absolute atomic E-state index is 0.430. The van der Waals surface area contributed by atoms with Crippen molar-refractivity contribution in [1.29, 1.82) is 0 Å². The van der Waals surface area contributed by atoms with Gasteiger partial charge in [-0.05, 0) is 19.4 Å². The van der Waals surface area contributed by atoms with Crippen molar-refractivity contribution in [3.8, 4) is 0 Å². The van der Waals surface area contributed by atoms with Crippen LogP contribution in [0, 0.1) is 0 Å². The Morgan fingerprint density at radius 3 is 3.06 bits per heavy atom. The molecule has 1 atom stereocenters. The number of hydrogen-bond acceptors (Lipinski definition) is 4. The average Bonchev–Trinajstić information content (AvgIpc) is 2.80. The van der Waals surface area contributed by atoms with E-state index >= 15 is 0 Å². The maximum atomic E-state index is 4.98. The van der Waals surface area contributed by atoms with Gasteiger partial charge in [-0.15, -0.1) is 0 Å². The molecule has 0 aliphatic rings. The van der Waals surface area contributed by atoms with E-state index < -0.39 is 0 Å². The van der Waals surface area contributed by atoms with Crippen molar-refractivity contribution in [3.05, 3.63) is 17.5 Å². The summed E-state index contributed by atoms with van der Waals surface area (Å²) >= 11 is 0. The van der Waals surface area contributed by atoms with Crippen molar-refractivity contribution in [1.82, 2.24) is 20.8 Å². The molecule has 0 aliphatic heterocycles. The zero-order valence-electron chi connectivity index (χ0n) is 11.8. The highest BCUT2D eigenvalue weighted by Gasteiger charge is 2.03. The molecule has 1 rings (SSSR count). The molecule has 1 aromatic rings. The second kappa shape index (κ2) is 9.08. The average molecular weight is 254 g/mol. The van der Waals surface area contributed by atoms with Crippen molar-refractivity contribution < 1.29 is 4.74 Å². The number of methoxy groups -OCH3 is 1. The second-order valence-electron chi connectivity index (χ2n) is 4.61. The first-order valence-corrected chi connectivity index (χ1v) is 6.72. The van der Waals surface area contributed by atoms with Crippen LogP contribution in [0.4, 0.5) is 0 Å². The number of aromatic nitrogens is 2. The largest absolute Gasteiger partial charge is 0.383 e. The number of nitrogens with zero attached hydrogens (tertiary/aromatic N) is 1. The normalized spacial score (nSPS) is 12.8. The zero-order valence-corrected chi connectivity index (χ0v) is 11.8. The van der Waals surface area contributed by atoms with Gasteiger partial charge >= 0.3 is 0 Å². The molecule has 1 heterocycles. The van der Waals surface area contributed by atoms with Crippen LogP contribution in [0.25, 0.3) is 0 Å². The van der Waals surface area contributed by atoms with E-state index in [0.717, 1.165) is 50.5 Å². The first kappa shape index (κ1) is 15.1. The van der Waals surface area contributed by atoms with Crippen LogP contribution >= 0.6 is 0 Å². The molecule has 18 heavy (non-hydrogen) atoms. The monoisotopic (exact) mass is 254 g/mol. The van der Waals surface area contributed by atoms with Gasteiger partial charge in [0.2, 0.25) is 0 Å². The highest BCUT2D eigenvalue weighted by molar-refractivity contribution is 5.08. The van der Waals surface area contributed by atoms with E-state index in [1.54, 1.807) is 7.11 Å². The summed E-state index contributed by atoms with van der Waals surface area (Å²) in [5.74, 6) is 0. The fourth-order valence-corrected chi connectivity index (χ4v) is 1.73. The van der Waals surface area contributed by atoms with Crippen molar-refractivity contribution in [3.63, 3.8) is 0 Å². The quantitative estimate of drug-likeness (QED) is 0.547. The molecule has 3 N–H and O–H groups in total. The third-order valence-electron chi connectivity index (χ3n) is 2.76. The van der Waals surface area contributed by atoms with Gasteiger partial charge in [0.15, 0.2) is 0 Å². The molecule has 0 aromatic carbocycles. The van der Waals surface area contributed by atoms with Crippen LogP contribution in [-0.4, -0.2) is 43.0 Å². The molecule has 0 bridgehead atoms. The number of rotatable bonds is 10. The van der Waals surface area contributed by atoms with E-state index in [0.29, 0.717) is 6.04 Å². The van der Waals surface area contributed by atoms with Crippen LogP contribution in [0.2, 0.25) is 0 Å². The van der Waals surface area contributed by atoms with Gasteiger partial charge in [-0.2, -0.15) is 5.10 Å². The van der Waals surface area contributed by atoms with E-state index in [1.807, 2.05) is 0 Å². The molecular formula is C13H26N4O. The van der Waals surface area contributed by atoms with Gasteiger partial charge in [-0.1, -0.05) is 13.3 Å². The Hall–Kier alpha value is -0.910. The molecule has 104 valence electrons. The van der Waals surface area contributed by atoms with Crippen molar-refractivity contribution in [2.24, 2.45) is 0 Å². The molecule has 0 saturated carbocycles. The Bertz CT molecular complexity index is 314. The predicted molar refractivity (Wildman–Crippen MR) is 73.6 cm³/mol. The molecule has 0 spiro atoms. The molecule has 1 unspecified atom stereocenters. The SMILES string of the molecule is CCCc1cc(CNC(C)CNCCOC)[nH]n1. The molecule has 5 heteroatoms. The van der Waals surface area contributed by atoms with Crippen LogP contribution < -0.4 is 10.6 Å². The van der Waals surface area contributed by atoms with Crippen molar-refractivity contribution >= 4 is 0 Å². The number of aromatic amines is 1. The summed E-state index contributed by atoms with van der Waals surface area (Å²) in [6, 6.07) is 2.57. The van der Waals surface area contributed by atoms with Gasteiger partial charge in [0.1, 0.15) is 0 Å². The lowest BCUT2D eigenvalue weighted by Gasteiger charge is -2.13. The first-order valence-electron chi connectivity index (χ1n) is 6.72. The number of H-pyrrole nitrogens is 1. The van der Waals surface area contributed by atoms with Gasteiger partial charge < -0.3 is 15.4 Å². The molecular weight excluding hydrogens is 228 g/mol. The standard InChI is InChI=1S/C13H26N4O/c1-4-5-12-8-13(17-16-12)10-15-11(2)9-14-6-7-18-3/h8,11,14-15H,4-7,9-10H2,1-3H3,(H,16,17). The van der Waals surface area contributed by atoms with E-state index in [9.17, 15) is 0 Å². The molecule has 1 aromatic heterocycles. The fourth-order valence-electron chi connectivity index (χ4n) is 1.73. The minimum atomic E-state index is 0.430. The first-order chi connectivity index (χ1) is 8.76. The summed E-state index contributed by atoms with van der Waals surface area (Å²) in [6.45, 7) is 7.77. The van der Waals surface area contributed by atoms with Crippen LogP contribution in [0.5, 0.6) is 0 Å². The van der Waals surface area contributed by atoms with E-state index in [1.165, 1.54) is 0 Å². The Morgan fingerprint density at radius 1 is 1.50 bits per heavy atom. The number of hydrogen-bond donors (Lipinski definition) is 3. The van der Waals surface area contributed by atoms with Crippen LogP contribution in [-0.2, 0) is 17.7 Å². The third kappa shape index (κ3) is 6.14. The summed E-state index contributed by atoms with van der Waals surface area (Å²) in [4.78, 5) is 0. The summed E-state index contributed by atoms with van der Waals surface area (Å²) in [7, 11) is 1.72. The highest BCUT2D eigenvalue weighted by atomic mass is 16.5. The lowest BCUT2D eigenvalue weighted by atomic mass is 10.2. The zero-order chi connectivity index (χ0) is 13.2. The number of nitrogens with one attached hydrogen (secondary N) is 3.